The van der Waals surface area contributed by atoms with Crippen LogP contribution in [-0.2, 0) is 9.59 Å². The summed E-state index contributed by atoms with van der Waals surface area (Å²) < 4.78 is 14.8. The van der Waals surface area contributed by atoms with Gasteiger partial charge in [-0.3, -0.25) is 14.4 Å². The highest BCUT2D eigenvalue weighted by atomic mass is 19.1. The molecule has 2 aromatic rings. The first-order valence-corrected chi connectivity index (χ1v) is 9.66. The summed E-state index contributed by atoms with van der Waals surface area (Å²) in [7, 11) is 0. The third-order valence-corrected chi connectivity index (χ3v) is 5.50. The molecule has 9 heteroatoms. The van der Waals surface area contributed by atoms with Gasteiger partial charge in [-0.25, -0.2) is 9.07 Å². The molecular formula is C20H22FN5O3. The number of likely N-dealkylation sites (tertiary alicyclic amines) is 2. The zero-order chi connectivity index (χ0) is 20.5. The second kappa shape index (κ2) is 7.65. The summed E-state index contributed by atoms with van der Waals surface area (Å²) in [6.07, 6.45) is 3.81. The predicted octanol–water partition coefficient (Wildman–Crippen LogP) is 1.39. The highest BCUT2D eigenvalue weighted by Crippen LogP contribution is 2.26. The fraction of sp³-hybridized carbons (Fsp3) is 0.400. The average Bonchev–Trinajstić information content (AvgIpc) is 3.42. The van der Waals surface area contributed by atoms with Gasteiger partial charge < -0.3 is 15.5 Å². The van der Waals surface area contributed by atoms with E-state index in [0.29, 0.717) is 38.0 Å². The summed E-state index contributed by atoms with van der Waals surface area (Å²) in [5.41, 5.74) is 6.74. The molecule has 2 amide bonds. The molecule has 1 aromatic carbocycles. The van der Waals surface area contributed by atoms with E-state index in [2.05, 4.69) is 5.10 Å². The summed E-state index contributed by atoms with van der Waals surface area (Å²) in [5, 5.41) is 4.13. The van der Waals surface area contributed by atoms with Crippen molar-refractivity contribution >= 4 is 23.4 Å². The van der Waals surface area contributed by atoms with Crippen LogP contribution < -0.4 is 5.73 Å². The van der Waals surface area contributed by atoms with Crippen LogP contribution >= 0.6 is 0 Å². The molecule has 0 spiro atoms. The van der Waals surface area contributed by atoms with Gasteiger partial charge in [-0.05, 0) is 37.5 Å². The molecule has 0 aliphatic carbocycles. The highest BCUT2D eigenvalue weighted by Gasteiger charge is 2.37. The normalized spacial score (nSPS) is 19.2. The van der Waals surface area contributed by atoms with Gasteiger partial charge in [0.25, 0.3) is 0 Å². The number of anilines is 1. The lowest BCUT2D eigenvalue weighted by atomic mass is 10.0. The van der Waals surface area contributed by atoms with E-state index in [1.54, 1.807) is 11.0 Å². The third kappa shape index (κ3) is 3.59. The van der Waals surface area contributed by atoms with E-state index < -0.39 is 11.9 Å². The van der Waals surface area contributed by atoms with Crippen LogP contribution in [0.3, 0.4) is 0 Å². The van der Waals surface area contributed by atoms with Crippen LogP contribution in [0.15, 0.2) is 30.5 Å². The monoisotopic (exact) mass is 399 g/mol. The number of halogens is 1. The average molecular weight is 399 g/mol. The molecule has 0 radical (unpaired) electrons. The standard InChI is InChI=1S/C20H22FN5O3/c21-13-4-1-5-14(10-13)26-20(22)15(11-23-26)19(29)16-6-2-9-25(16)18(28)12-24-8-3-7-17(24)27/h1,4-5,10-11,16H,2-3,6-9,12,22H2. The van der Waals surface area contributed by atoms with Gasteiger partial charge in [-0.2, -0.15) is 5.10 Å². The van der Waals surface area contributed by atoms with Crippen molar-refractivity contribution in [3.8, 4) is 5.69 Å². The van der Waals surface area contributed by atoms with Crippen molar-refractivity contribution in [2.24, 2.45) is 0 Å². The number of Topliss-reactive ketones (excluding diaryl/α,β-unsaturated/α-hetero) is 1. The van der Waals surface area contributed by atoms with Gasteiger partial charge in [0.2, 0.25) is 11.8 Å². The number of hydrogen-bond acceptors (Lipinski definition) is 5. The topological polar surface area (TPSA) is 102 Å². The number of carbonyl (C=O) groups excluding carboxylic acids is 3. The zero-order valence-electron chi connectivity index (χ0n) is 15.9. The number of carbonyl (C=O) groups is 3. The lowest BCUT2D eigenvalue weighted by molar-refractivity contribution is -0.138. The van der Waals surface area contributed by atoms with Crippen LogP contribution in [0.2, 0.25) is 0 Å². The predicted molar refractivity (Wildman–Crippen MR) is 103 cm³/mol. The number of nitrogen functional groups attached to an aromatic ring is 1. The van der Waals surface area contributed by atoms with Crippen molar-refractivity contribution in [2.45, 2.75) is 31.7 Å². The number of amides is 2. The Morgan fingerprint density at radius 1 is 1.24 bits per heavy atom. The van der Waals surface area contributed by atoms with Crippen LogP contribution in [0, 0.1) is 5.82 Å². The van der Waals surface area contributed by atoms with Crippen molar-refractivity contribution in [1.82, 2.24) is 19.6 Å². The van der Waals surface area contributed by atoms with Gasteiger partial charge in [-0.15, -0.1) is 0 Å². The van der Waals surface area contributed by atoms with Crippen LogP contribution in [0.4, 0.5) is 10.2 Å². The zero-order valence-corrected chi connectivity index (χ0v) is 15.9. The minimum atomic E-state index is -0.632. The van der Waals surface area contributed by atoms with Crippen molar-refractivity contribution < 1.29 is 18.8 Å². The van der Waals surface area contributed by atoms with Gasteiger partial charge >= 0.3 is 0 Å². The van der Waals surface area contributed by atoms with E-state index in [9.17, 15) is 18.8 Å². The van der Waals surface area contributed by atoms with E-state index in [-0.39, 0.29) is 35.5 Å². The van der Waals surface area contributed by atoms with Crippen molar-refractivity contribution in [1.29, 1.82) is 0 Å². The van der Waals surface area contributed by atoms with Gasteiger partial charge in [0.05, 0.1) is 30.0 Å². The molecule has 3 heterocycles. The van der Waals surface area contributed by atoms with Gasteiger partial charge in [0.15, 0.2) is 5.78 Å². The first-order chi connectivity index (χ1) is 14.0. The molecule has 0 bridgehead atoms. The Morgan fingerprint density at radius 2 is 2.07 bits per heavy atom. The van der Waals surface area contributed by atoms with Crippen molar-refractivity contribution in [3.05, 3.63) is 41.8 Å². The summed E-state index contributed by atoms with van der Waals surface area (Å²) >= 11 is 0. The number of ketones is 1. The van der Waals surface area contributed by atoms with E-state index in [4.69, 9.17) is 5.73 Å². The summed E-state index contributed by atoms with van der Waals surface area (Å²) in [6, 6.07) is 5.12. The molecule has 29 heavy (non-hydrogen) atoms. The number of hydrogen-bond donors (Lipinski definition) is 1. The molecule has 1 aromatic heterocycles. The van der Waals surface area contributed by atoms with Gasteiger partial charge in [-0.1, -0.05) is 6.07 Å². The minimum Gasteiger partial charge on any atom is -0.383 e. The molecular weight excluding hydrogens is 377 g/mol. The number of rotatable bonds is 5. The van der Waals surface area contributed by atoms with Crippen molar-refractivity contribution in [2.75, 3.05) is 25.4 Å². The lowest BCUT2D eigenvalue weighted by Gasteiger charge is -2.26. The summed E-state index contributed by atoms with van der Waals surface area (Å²) in [5.74, 6) is -0.874. The fourth-order valence-electron chi connectivity index (χ4n) is 4.00. The molecule has 1 unspecified atom stereocenters. The maximum Gasteiger partial charge on any atom is 0.242 e. The number of benzene rings is 1. The Bertz CT molecular complexity index is 973. The second-order valence-corrected chi connectivity index (χ2v) is 7.36. The van der Waals surface area contributed by atoms with Gasteiger partial charge in [0.1, 0.15) is 11.6 Å². The molecule has 2 fully saturated rings. The van der Waals surface area contributed by atoms with Crippen LogP contribution in [0.5, 0.6) is 0 Å². The number of aromatic nitrogens is 2. The molecule has 2 aliphatic heterocycles. The second-order valence-electron chi connectivity index (χ2n) is 7.36. The first-order valence-electron chi connectivity index (χ1n) is 9.66. The Hall–Kier alpha value is -3.23. The largest absolute Gasteiger partial charge is 0.383 e. The quantitative estimate of drug-likeness (QED) is 0.766. The maximum absolute atomic E-state index is 13.5. The first kappa shape index (κ1) is 19.1. The smallest absolute Gasteiger partial charge is 0.242 e. The Balaban J connectivity index is 1.53. The van der Waals surface area contributed by atoms with Crippen LogP contribution in [0.1, 0.15) is 36.0 Å². The SMILES string of the molecule is Nc1c(C(=O)C2CCCN2C(=O)CN2CCCC2=O)cnn1-c1cccc(F)c1. The fourth-order valence-corrected chi connectivity index (χ4v) is 4.00. The highest BCUT2D eigenvalue weighted by molar-refractivity contribution is 6.05. The number of nitrogens with zero attached hydrogens (tertiary/aromatic N) is 4. The minimum absolute atomic E-state index is 0.000644. The van der Waals surface area contributed by atoms with E-state index in [0.717, 1.165) is 6.42 Å². The number of nitrogens with two attached hydrogens (primary N) is 1. The maximum atomic E-state index is 13.5. The van der Waals surface area contributed by atoms with E-state index in [1.165, 1.54) is 34.0 Å². The molecule has 2 saturated heterocycles. The summed E-state index contributed by atoms with van der Waals surface area (Å²) in [4.78, 5) is 40.7. The third-order valence-electron chi connectivity index (χ3n) is 5.50. The van der Waals surface area contributed by atoms with E-state index >= 15 is 0 Å². The van der Waals surface area contributed by atoms with Crippen LogP contribution in [0.25, 0.3) is 5.69 Å². The molecule has 8 nitrogen and oxygen atoms in total. The van der Waals surface area contributed by atoms with E-state index in [1.807, 2.05) is 0 Å². The van der Waals surface area contributed by atoms with Gasteiger partial charge in [0, 0.05) is 19.5 Å². The molecule has 2 aliphatic rings. The lowest BCUT2D eigenvalue weighted by Crippen LogP contribution is -2.46. The Morgan fingerprint density at radius 3 is 2.79 bits per heavy atom. The molecule has 152 valence electrons. The Labute approximate surface area is 167 Å². The molecule has 0 saturated carbocycles. The summed E-state index contributed by atoms with van der Waals surface area (Å²) in [6.45, 7) is 1.04. The van der Waals surface area contributed by atoms with Crippen LogP contribution in [-0.4, -0.2) is 62.9 Å². The van der Waals surface area contributed by atoms with Crippen molar-refractivity contribution in [3.63, 3.8) is 0 Å². The molecule has 2 N–H and O–H groups in total. The molecule has 4 rings (SSSR count). The Kier molecular flexibility index (Phi) is 5.04. The molecule has 1 atom stereocenters.